The minimum absolute atomic E-state index is 0.597. The van der Waals surface area contributed by atoms with Gasteiger partial charge in [0.15, 0.2) is 0 Å². The fourth-order valence-corrected chi connectivity index (χ4v) is 3.22. The first-order valence-electron chi connectivity index (χ1n) is 8.09. The lowest BCUT2D eigenvalue weighted by Crippen LogP contribution is -2.45. The van der Waals surface area contributed by atoms with Crippen molar-refractivity contribution in [2.75, 3.05) is 13.1 Å². The molecule has 1 fully saturated rings. The first kappa shape index (κ1) is 15.5. The summed E-state index contributed by atoms with van der Waals surface area (Å²) in [5.74, 6) is 0. The van der Waals surface area contributed by atoms with E-state index < -0.39 is 0 Å². The molecule has 20 heavy (non-hydrogen) atoms. The molecule has 1 aliphatic heterocycles. The molecule has 1 unspecified atom stereocenters. The van der Waals surface area contributed by atoms with Gasteiger partial charge < -0.3 is 5.32 Å². The van der Waals surface area contributed by atoms with Gasteiger partial charge in [0.1, 0.15) is 0 Å². The van der Waals surface area contributed by atoms with Crippen LogP contribution < -0.4 is 5.32 Å². The summed E-state index contributed by atoms with van der Waals surface area (Å²) in [6.07, 6.45) is 4.05. The molecule has 1 N–H and O–H groups in total. The van der Waals surface area contributed by atoms with Crippen LogP contribution in [0.1, 0.15) is 49.8 Å². The van der Waals surface area contributed by atoms with Crippen molar-refractivity contribution in [3.05, 3.63) is 34.9 Å². The van der Waals surface area contributed by atoms with Crippen LogP contribution in [0.4, 0.5) is 0 Å². The third-order valence-electron chi connectivity index (χ3n) is 4.26. The Morgan fingerprint density at radius 2 is 1.85 bits per heavy atom. The van der Waals surface area contributed by atoms with Crippen LogP contribution in [0, 0.1) is 13.8 Å². The summed E-state index contributed by atoms with van der Waals surface area (Å²) in [6, 6.07) is 8.19. The zero-order valence-electron chi connectivity index (χ0n) is 13.6. The van der Waals surface area contributed by atoms with Gasteiger partial charge in [-0.1, -0.05) is 35.7 Å². The van der Waals surface area contributed by atoms with Crippen molar-refractivity contribution in [1.29, 1.82) is 0 Å². The quantitative estimate of drug-likeness (QED) is 0.881. The maximum atomic E-state index is 3.67. The lowest BCUT2D eigenvalue weighted by Gasteiger charge is -2.33. The van der Waals surface area contributed by atoms with Crippen molar-refractivity contribution < 1.29 is 0 Å². The number of benzene rings is 1. The van der Waals surface area contributed by atoms with E-state index in [1.165, 1.54) is 49.0 Å². The Labute approximate surface area is 124 Å². The predicted molar refractivity (Wildman–Crippen MR) is 87.1 cm³/mol. The lowest BCUT2D eigenvalue weighted by atomic mass is 10.0. The first-order valence-corrected chi connectivity index (χ1v) is 8.09. The Kier molecular flexibility index (Phi) is 5.62. The number of aryl methyl sites for hydroxylation is 2. The highest BCUT2D eigenvalue weighted by Crippen LogP contribution is 2.16. The molecule has 1 atom stereocenters. The zero-order chi connectivity index (χ0) is 14.5. The summed E-state index contributed by atoms with van der Waals surface area (Å²) in [7, 11) is 0. The summed E-state index contributed by atoms with van der Waals surface area (Å²) in [6.45, 7) is 12.4. The van der Waals surface area contributed by atoms with Crippen molar-refractivity contribution in [3.63, 3.8) is 0 Å². The normalized spacial score (nSPS) is 19.8. The third kappa shape index (κ3) is 4.60. The van der Waals surface area contributed by atoms with Crippen molar-refractivity contribution in [1.82, 2.24) is 10.2 Å². The monoisotopic (exact) mass is 274 g/mol. The van der Waals surface area contributed by atoms with Crippen molar-refractivity contribution in [2.45, 2.75) is 65.6 Å². The lowest BCUT2D eigenvalue weighted by molar-refractivity contribution is 0.177. The van der Waals surface area contributed by atoms with Crippen molar-refractivity contribution in [3.8, 4) is 0 Å². The second-order valence-electron chi connectivity index (χ2n) is 6.67. The van der Waals surface area contributed by atoms with E-state index in [0.29, 0.717) is 12.1 Å². The Bertz CT molecular complexity index is 399. The molecular weight excluding hydrogens is 244 g/mol. The van der Waals surface area contributed by atoms with Gasteiger partial charge in [0.05, 0.1) is 0 Å². The SMILES string of the molecule is Cc1cc(C)cc(CN(CC2CCCCN2)C(C)C)c1. The second kappa shape index (κ2) is 7.24. The van der Waals surface area contributed by atoms with Gasteiger partial charge in [-0.15, -0.1) is 0 Å². The van der Waals surface area contributed by atoms with Crippen LogP contribution in [0.25, 0.3) is 0 Å². The fraction of sp³-hybridized carbons (Fsp3) is 0.667. The number of rotatable bonds is 5. The van der Waals surface area contributed by atoms with E-state index in [-0.39, 0.29) is 0 Å². The number of nitrogens with one attached hydrogen (secondary N) is 1. The molecule has 0 amide bonds. The van der Waals surface area contributed by atoms with E-state index >= 15 is 0 Å². The van der Waals surface area contributed by atoms with E-state index in [2.05, 4.69) is 56.1 Å². The minimum atomic E-state index is 0.597. The highest BCUT2D eigenvalue weighted by atomic mass is 15.2. The average molecular weight is 274 g/mol. The van der Waals surface area contributed by atoms with Crippen LogP contribution in [-0.4, -0.2) is 30.1 Å². The molecule has 0 radical (unpaired) electrons. The second-order valence-corrected chi connectivity index (χ2v) is 6.67. The molecule has 0 saturated carbocycles. The molecule has 2 rings (SSSR count). The van der Waals surface area contributed by atoms with Gasteiger partial charge in [-0.25, -0.2) is 0 Å². The molecule has 1 aliphatic rings. The van der Waals surface area contributed by atoms with Gasteiger partial charge in [-0.2, -0.15) is 0 Å². The third-order valence-corrected chi connectivity index (χ3v) is 4.26. The molecule has 0 spiro atoms. The molecule has 0 aliphatic carbocycles. The largest absolute Gasteiger partial charge is 0.313 e. The Balaban J connectivity index is 2.00. The van der Waals surface area contributed by atoms with Crippen LogP contribution >= 0.6 is 0 Å². The van der Waals surface area contributed by atoms with Crippen LogP contribution in [-0.2, 0) is 6.54 Å². The standard InChI is InChI=1S/C18H30N2/c1-14(2)20(13-18-7-5-6-8-19-18)12-17-10-15(3)9-16(4)11-17/h9-11,14,18-19H,5-8,12-13H2,1-4H3. The highest BCUT2D eigenvalue weighted by molar-refractivity contribution is 5.28. The molecule has 112 valence electrons. The van der Waals surface area contributed by atoms with Gasteiger partial charge in [-0.05, 0) is 52.6 Å². The molecule has 0 bridgehead atoms. The number of piperidine rings is 1. The van der Waals surface area contributed by atoms with Gasteiger partial charge in [0, 0.05) is 25.2 Å². The summed E-state index contributed by atoms with van der Waals surface area (Å²) < 4.78 is 0. The van der Waals surface area contributed by atoms with Crippen molar-refractivity contribution >= 4 is 0 Å². The Morgan fingerprint density at radius 1 is 1.15 bits per heavy atom. The summed E-state index contributed by atoms with van der Waals surface area (Å²) in [5.41, 5.74) is 4.20. The van der Waals surface area contributed by atoms with Crippen LogP contribution in [0.5, 0.6) is 0 Å². The fourth-order valence-electron chi connectivity index (χ4n) is 3.22. The summed E-state index contributed by atoms with van der Waals surface area (Å²) in [4.78, 5) is 2.61. The molecule has 2 nitrogen and oxygen atoms in total. The number of hydrogen-bond donors (Lipinski definition) is 1. The topological polar surface area (TPSA) is 15.3 Å². The minimum Gasteiger partial charge on any atom is -0.313 e. The zero-order valence-corrected chi connectivity index (χ0v) is 13.6. The average Bonchev–Trinajstić information content (AvgIpc) is 2.38. The smallest absolute Gasteiger partial charge is 0.0237 e. The van der Waals surface area contributed by atoms with Gasteiger partial charge in [-0.3, -0.25) is 4.90 Å². The molecule has 1 heterocycles. The molecule has 1 aromatic carbocycles. The number of hydrogen-bond acceptors (Lipinski definition) is 2. The molecule has 0 aromatic heterocycles. The number of nitrogens with zero attached hydrogens (tertiary/aromatic N) is 1. The molecular formula is C18H30N2. The van der Waals surface area contributed by atoms with E-state index in [0.717, 1.165) is 6.54 Å². The summed E-state index contributed by atoms with van der Waals surface area (Å²) in [5, 5.41) is 3.67. The Hall–Kier alpha value is -0.860. The van der Waals surface area contributed by atoms with Gasteiger partial charge in [0.2, 0.25) is 0 Å². The molecule has 1 aromatic rings. The highest BCUT2D eigenvalue weighted by Gasteiger charge is 2.18. The predicted octanol–water partition coefficient (Wildman–Crippen LogP) is 3.66. The van der Waals surface area contributed by atoms with Gasteiger partial charge in [0.25, 0.3) is 0 Å². The van der Waals surface area contributed by atoms with Crippen molar-refractivity contribution in [2.24, 2.45) is 0 Å². The van der Waals surface area contributed by atoms with Crippen LogP contribution in [0.3, 0.4) is 0 Å². The summed E-state index contributed by atoms with van der Waals surface area (Å²) >= 11 is 0. The maximum absolute atomic E-state index is 3.67. The first-order chi connectivity index (χ1) is 9.54. The van der Waals surface area contributed by atoms with Crippen LogP contribution in [0.2, 0.25) is 0 Å². The van der Waals surface area contributed by atoms with E-state index in [1.54, 1.807) is 0 Å². The Morgan fingerprint density at radius 3 is 2.40 bits per heavy atom. The van der Waals surface area contributed by atoms with E-state index in [1.807, 2.05) is 0 Å². The maximum Gasteiger partial charge on any atom is 0.0237 e. The molecule has 1 saturated heterocycles. The van der Waals surface area contributed by atoms with E-state index in [9.17, 15) is 0 Å². The van der Waals surface area contributed by atoms with Crippen LogP contribution in [0.15, 0.2) is 18.2 Å². The molecule has 2 heteroatoms. The van der Waals surface area contributed by atoms with Gasteiger partial charge >= 0.3 is 0 Å². The van der Waals surface area contributed by atoms with E-state index in [4.69, 9.17) is 0 Å².